The summed E-state index contributed by atoms with van der Waals surface area (Å²) in [5.41, 5.74) is 0.975. The van der Waals surface area contributed by atoms with Crippen LogP contribution < -0.4 is 9.64 Å². The number of carbonyl (C=O) groups is 1. The number of nitrogens with zero attached hydrogens (tertiary/aromatic N) is 2. The molecule has 7 heteroatoms. The Bertz CT molecular complexity index is 1040. The van der Waals surface area contributed by atoms with Crippen LogP contribution in [0.15, 0.2) is 42.5 Å². The predicted molar refractivity (Wildman–Crippen MR) is 122 cm³/mol. The van der Waals surface area contributed by atoms with Gasteiger partial charge >= 0.3 is 0 Å². The van der Waals surface area contributed by atoms with Crippen LogP contribution in [0.2, 0.25) is 5.02 Å². The van der Waals surface area contributed by atoms with Gasteiger partial charge in [-0.1, -0.05) is 29.0 Å². The summed E-state index contributed by atoms with van der Waals surface area (Å²) in [6.07, 6.45) is 1.96. The first-order chi connectivity index (χ1) is 14.3. The highest BCUT2D eigenvalue weighted by Crippen LogP contribution is 2.33. The number of halogens is 1. The molecule has 0 bridgehead atoms. The third-order valence-corrected chi connectivity index (χ3v) is 6.41. The average Bonchev–Trinajstić information content (AvgIpc) is 3.36. The fourth-order valence-corrected chi connectivity index (χ4v) is 4.74. The Balaban J connectivity index is 1.64. The lowest BCUT2D eigenvalue weighted by Crippen LogP contribution is -2.51. The van der Waals surface area contributed by atoms with Crippen molar-refractivity contribution < 1.29 is 14.3 Å². The number of carbonyl (C=O) groups excluding carboxylic acids is 1. The monoisotopic (exact) mass is 444 g/mol. The van der Waals surface area contributed by atoms with Crippen LogP contribution in [0, 0.1) is 6.92 Å². The lowest BCUT2D eigenvalue weighted by molar-refractivity contribution is -0.131. The van der Waals surface area contributed by atoms with Gasteiger partial charge in [0.05, 0.1) is 22.9 Å². The van der Waals surface area contributed by atoms with Crippen molar-refractivity contribution in [1.82, 2.24) is 4.98 Å². The zero-order chi connectivity index (χ0) is 21.3. The molecule has 1 atom stereocenters. The molecule has 2 aromatic carbocycles. The molecular formula is C23H25ClN2O3S. The molecule has 30 heavy (non-hydrogen) atoms. The van der Waals surface area contributed by atoms with Gasteiger partial charge in [-0.2, -0.15) is 0 Å². The summed E-state index contributed by atoms with van der Waals surface area (Å²) in [7, 11) is 0. The quantitative estimate of drug-likeness (QED) is 0.494. The van der Waals surface area contributed by atoms with E-state index >= 15 is 0 Å². The summed E-state index contributed by atoms with van der Waals surface area (Å²) >= 11 is 7.49. The Hall–Kier alpha value is -2.15. The van der Waals surface area contributed by atoms with Crippen LogP contribution in [0.1, 0.15) is 32.3 Å². The van der Waals surface area contributed by atoms with Crippen molar-refractivity contribution in [3.05, 3.63) is 53.1 Å². The molecule has 0 N–H and O–H groups in total. The number of amides is 1. The number of aromatic nitrogens is 1. The van der Waals surface area contributed by atoms with E-state index in [1.165, 1.54) is 16.9 Å². The Labute approximate surface area is 185 Å². The largest absolute Gasteiger partial charge is 0.478 e. The summed E-state index contributed by atoms with van der Waals surface area (Å²) < 4.78 is 12.9. The van der Waals surface area contributed by atoms with E-state index < -0.39 is 5.60 Å². The van der Waals surface area contributed by atoms with Crippen molar-refractivity contribution in [3.8, 4) is 5.75 Å². The zero-order valence-corrected chi connectivity index (χ0v) is 18.9. The number of benzene rings is 2. The molecule has 0 aliphatic carbocycles. The second-order valence-electron chi connectivity index (χ2n) is 8.08. The molecule has 0 radical (unpaired) electrons. The number of ether oxygens (including phenoxy) is 2. The molecule has 3 aromatic rings. The van der Waals surface area contributed by atoms with Crippen LogP contribution in [-0.2, 0) is 9.53 Å². The van der Waals surface area contributed by atoms with Gasteiger partial charge in [0.15, 0.2) is 10.7 Å². The number of fused-ring (bicyclic) bond motifs is 1. The molecule has 1 saturated heterocycles. The van der Waals surface area contributed by atoms with Gasteiger partial charge in [0.1, 0.15) is 5.75 Å². The Morgan fingerprint density at radius 1 is 1.30 bits per heavy atom. The minimum absolute atomic E-state index is 0.00836. The highest BCUT2D eigenvalue weighted by molar-refractivity contribution is 7.22. The highest BCUT2D eigenvalue weighted by Gasteiger charge is 2.38. The van der Waals surface area contributed by atoms with E-state index in [2.05, 4.69) is 13.0 Å². The van der Waals surface area contributed by atoms with Gasteiger partial charge in [-0.05, 0) is 75.6 Å². The number of rotatable bonds is 6. The van der Waals surface area contributed by atoms with Crippen molar-refractivity contribution in [2.75, 3.05) is 18.1 Å². The summed E-state index contributed by atoms with van der Waals surface area (Å²) in [4.78, 5) is 20.1. The SMILES string of the molecule is Cc1ccc2nc(N(CC3CCCO3)C(=O)C(C)(C)Oc3ccc(Cl)cc3)sc2c1. The first-order valence-corrected chi connectivity index (χ1v) is 11.3. The molecule has 1 unspecified atom stereocenters. The van der Waals surface area contributed by atoms with E-state index in [1.807, 2.05) is 12.1 Å². The number of anilines is 1. The van der Waals surface area contributed by atoms with E-state index in [-0.39, 0.29) is 12.0 Å². The van der Waals surface area contributed by atoms with Gasteiger partial charge < -0.3 is 9.47 Å². The lowest BCUT2D eigenvalue weighted by atomic mass is 10.1. The summed E-state index contributed by atoms with van der Waals surface area (Å²) in [5.74, 6) is 0.443. The van der Waals surface area contributed by atoms with Gasteiger partial charge in [0.2, 0.25) is 0 Å². The van der Waals surface area contributed by atoms with Crippen molar-refractivity contribution in [1.29, 1.82) is 0 Å². The smallest absolute Gasteiger partial charge is 0.272 e. The fraction of sp³-hybridized carbons (Fsp3) is 0.391. The maximum atomic E-state index is 13.7. The van der Waals surface area contributed by atoms with Gasteiger partial charge in [0, 0.05) is 11.6 Å². The second kappa shape index (κ2) is 8.53. The van der Waals surface area contributed by atoms with E-state index in [1.54, 1.807) is 43.0 Å². The van der Waals surface area contributed by atoms with Crippen molar-refractivity contribution >= 4 is 44.2 Å². The fourth-order valence-electron chi connectivity index (χ4n) is 3.54. The topological polar surface area (TPSA) is 51.7 Å². The van der Waals surface area contributed by atoms with Gasteiger partial charge in [0.25, 0.3) is 5.91 Å². The second-order valence-corrected chi connectivity index (χ2v) is 9.53. The Kier molecular flexibility index (Phi) is 6.00. The lowest BCUT2D eigenvalue weighted by Gasteiger charge is -2.32. The van der Waals surface area contributed by atoms with Crippen LogP contribution in [0.25, 0.3) is 10.2 Å². The first-order valence-electron chi connectivity index (χ1n) is 10.1. The van der Waals surface area contributed by atoms with Gasteiger partial charge in [-0.15, -0.1) is 0 Å². The molecule has 1 aliphatic rings. The van der Waals surface area contributed by atoms with Crippen LogP contribution in [0.3, 0.4) is 0 Å². The van der Waals surface area contributed by atoms with Crippen LogP contribution in [0.5, 0.6) is 5.75 Å². The van der Waals surface area contributed by atoms with E-state index in [9.17, 15) is 4.79 Å². The maximum absolute atomic E-state index is 13.7. The molecule has 1 amide bonds. The standard InChI is InChI=1S/C23H25ClN2O3S/c1-15-6-11-19-20(13-15)30-22(25-19)26(14-18-5-4-12-28-18)21(27)23(2,3)29-17-9-7-16(24)8-10-17/h6-11,13,18H,4-5,12,14H2,1-3H3. The number of thiazole rings is 1. The molecule has 1 aromatic heterocycles. The number of aryl methyl sites for hydroxylation is 1. The molecule has 0 spiro atoms. The van der Waals surface area contributed by atoms with Crippen LogP contribution >= 0.6 is 22.9 Å². The summed E-state index contributed by atoms with van der Waals surface area (Å²) in [6.45, 7) is 6.81. The number of hydrogen-bond acceptors (Lipinski definition) is 5. The molecule has 5 nitrogen and oxygen atoms in total. The van der Waals surface area contributed by atoms with Gasteiger partial charge in [-0.3, -0.25) is 9.69 Å². The normalized spacial score (nSPS) is 16.7. The molecule has 2 heterocycles. The highest BCUT2D eigenvalue weighted by atomic mass is 35.5. The third-order valence-electron chi connectivity index (χ3n) is 5.12. The predicted octanol–water partition coefficient (Wildman–Crippen LogP) is 5.63. The molecule has 0 saturated carbocycles. The molecule has 158 valence electrons. The Morgan fingerprint density at radius 3 is 2.77 bits per heavy atom. The van der Waals surface area contributed by atoms with Crippen LogP contribution in [-0.4, -0.2) is 35.7 Å². The molecule has 1 aliphatic heterocycles. The zero-order valence-electron chi connectivity index (χ0n) is 17.4. The van der Waals surface area contributed by atoms with E-state index in [0.717, 1.165) is 29.7 Å². The summed E-state index contributed by atoms with van der Waals surface area (Å²) in [5, 5.41) is 1.29. The Morgan fingerprint density at radius 2 is 2.07 bits per heavy atom. The molecular weight excluding hydrogens is 420 g/mol. The third kappa shape index (κ3) is 4.61. The van der Waals surface area contributed by atoms with Gasteiger partial charge in [-0.25, -0.2) is 4.98 Å². The van der Waals surface area contributed by atoms with Crippen molar-refractivity contribution in [3.63, 3.8) is 0 Å². The first kappa shape index (κ1) is 21.1. The van der Waals surface area contributed by atoms with Crippen molar-refractivity contribution in [2.45, 2.75) is 45.3 Å². The van der Waals surface area contributed by atoms with Crippen molar-refractivity contribution in [2.24, 2.45) is 0 Å². The van der Waals surface area contributed by atoms with E-state index in [4.69, 9.17) is 26.1 Å². The van der Waals surface area contributed by atoms with E-state index in [0.29, 0.717) is 22.4 Å². The van der Waals surface area contributed by atoms with Crippen LogP contribution in [0.4, 0.5) is 5.13 Å². The minimum atomic E-state index is -1.08. The summed E-state index contributed by atoms with van der Waals surface area (Å²) in [6, 6.07) is 13.2. The molecule has 1 fully saturated rings. The minimum Gasteiger partial charge on any atom is -0.478 e. The molecule has 4 rings (SSSR count). The average molecular weight is 445 g/mol. The maximum Gasteiger partial charge on any atom is 0.272 e. The number of hydrogen-bond donors (Lipinski definition) is 0.